The summed E-state index contributed by atoms with van der Waals surface area (Å²) in [5.74, 6) is -0.0291. The molecule has 2 aliphatic heterocycles. The van der Waals surface area contributed by atoms with Gasteiger partial charge in [-0.1, -0.05) is 15.9 Å². The molecule has 28 heavy (non-hydrogen) atoms. The van der Waals surface area contributed by atoms with Crippen LogP contribution in [0.5, 0.6) is 0 Å². The Kier molecular flexibility index (Phi) is 6.31. The summed E-state index contributed by atoms with van der Waals surface area (Å²) in [7, 11) is 0. The van der Waals surface area contributed by atoms with Crippen LogP contribution in [0, 0.1) is 0 Å². The molecule has 0 unspecified atom stereocenters. The zero-order chi connectivity index (χ0) is 20.5. The quantitative estimate of drug-likeness (QED) is 0.591. The van der Waals surface area contributed by atoms with Gasteiger partial charge in [-0.3, -0.25) is 4.79 Å². The van der Waals surface area contributed by atoms with Crippen molar-refractivity contribution in [2.45, 2.75) is 45.5 Å². The molecule has 1 aromatic rings. The van der Waals surface area contributed by atoms with Crippen molar-refractivity contribution in [1.29, 1.82) is 0 Å². The molecule has 1 fully saturated rings. The second-order valence-electron chi connectivity index (χ2n) is 7.29. The molecular weight excluding hydrogens is 428 g/mol. The summed E-state index contributed by atoms with van der Waals surface area (Å²) in [6.45, 7) is 9.35. The molecule has 7 nitrogen and oxygen atoms in total. The van der Waals surface area contributed by atoms with E-state index >= 15 is 0 Å². The molecule has 0 bridgehead atoms. The zero-order valence-electron chi connectivity index (χ0n) is 16.7. The molecule has 3 rings (SSSR count). The maximum absolute atomic E-state index is 13.4. The van der Waals surface area contributed by atoms with E-state index in [1.165, 1.54) is 0 Å². The van der Waals surface area contributed by atoms with Gasteiger partial charge in [0.15, 0.2) is 6.29 Å². The summed E-state index contributed by atoms with van der Waals surface area (Å²) in [6, 6.07) is 5.81. The van der Waals surface area contributed by atoms with Crippen molar-refractivity contribution in [2.75, 3.05) is 37.7 Å². The van der Waals surface area contributed by atoms with E-state index < -0.39 is 11.7 Å². The molecule has 1 saturated heterocycles. The monoisotopic (exact) mass is 454 g/mol. The average molecular weight is 455 g/mol. The highest BCUT2D eigenvalue weighted by atomic mass is 79.9. The van der Waals surface area contributed by atoms with Crippen LogP contribution in [0.2, 0.25) is 0 Å². The first-order valence-corrected chi connectivity index (χ1v) is 10.4. The van der Waals surface area contributed by atoms with Gasteiger partial charge in [0.1, 0.15) is 5.41 Å². The fraction of sp³-hybridized carbons (Fsp3) is 0.600. The van der Waals surface area contributed by atoms with E-state index in [0.29, 0.717) is 32.8 Å². The van der Waals surface area contributed by atoms with Gasteiger partial charge in [0.2, 0.25) is 5.91 Å². The van der Waals surface area contributed by atoms with Gasteiger partial charge in [-0.2, -0.15) is 0 Å². The summed E-state index contributed by atoms with van der Waals surface area (Å²) >= 11 is 3.50. The number of fused-ring (bicyclic) bond motifs is 2. The van der Waals surface area contributed by atoms with Gasteiger partial charge in [-0.05, 0) is 51.5 Å². The lowest BCUT2D eigenvalue weighted by molar-refractivity contribution is -0.139. The van der Waals surface area contributed by atoms with Crippen molar-refractivity contribution in [3.05, 3.63) is 28.2 Å². The van der Waals surface area contributed by atoms with Gasteiger partial charge in [0.05, 0.1) is 12.6 Å². The standard InChI is InChI=1S/C20H27BrN2O5/c1-5-26-17(27-6-2)10-23-16-8-7-14(21)9-15(16)20(18(23)24)11-22(12-20)19(25)28-13(3)4/h7-9,13,17H,5-6,10-12H2,1-4H3. The minimum atomic E-state index is -0.738. The van der Waals surface area contributed by atoms with Crippen LogP contribution < -0.4 is 4.90 Å². The van der Waals surface area contributed by atoms with Gasteiger partial charge < -0.3 is 24.0 Å². The number of benzene rings is 1. The third-order valence-corrected chi connectivity index (χ3v) is 5.47. The number of amides is 2. The molecule has 2 amide bonds. The third-order valence-electron chi connectivity index (χ3n) is 4.97. The largest absolute Gasteiger partial charge is 0.447 e. The van der Waals surface area contributed by atoms with Crippen LogP contribution in [0.4, 0.5) is 10.5 Å². The van der Waals surface area contributed by atoms with Crippen LogP contribution in [0.15, 0.2) is 22.7 Å². The summed E-state index contributed by atoms with van der Waals surface area (Å²) in [4.78, 5) is 29.0. The molecule has 0 aliphatic carbocycles. The number of anilines is 1. The highest BCUT2D eigenvalue weighted by Gasteiger charge is 2.60. The fourth-order valence-corrected chi connectivity index (χ4v) is 4.14. The van der Waals surface area contributed by atoms with Crippen LogP contribution in [-0.2, 0) is 24.4 Å². The SMILES string of the molecule is CCOC(CN1C(=O)C2(CN(C(=O)OC(C)C)C2)c2cc(Br)ccc21)OCC. The number of carbonyl (C=O) groups is 2. The second-order valence-corrected chi connectivity index (χ2v) is 8.20. The summed E-state index contributed by atoms with van der Waals surface area (Å²) in [6.07, 6.45) is -1.07. The van der Waals surface area contributed by atoms with Crippen LogP contribution in [0.3, 0.4) is 0 Å². The van der Waals surface area contributed by atoms with E-state index in [9.17, 15) is 9.59 Å². The van der Waals surface area contributed by atoms with E-state index in [2.05, 4.69) is 15.9 Å². The van der Waals surface area contributed by atoms with Crippen molar-refractivity contribution in [2.24, 2.45) is 0 Å². The molecule has 2 aliphatic rings. The number of hydrogen-bond donors (Lipinski definition) is 0. The topological polar surface area (TPSA) is 68.3 Å². The Morgan fingerprint density at radius 3 is 2.43 bits per heavy atom. The number of rotatable bonds is 7. The van der Waals surface area contributed by atoms with Gasteiger partial charge >= 0.3 is 6.09 Å². The van der Waals surface area contributed by atoms with Crippen LogP contribution in [-0.4, -0.2) is 62.1 Å². The van der Waals surface area contributed by atoms with Crippen LogP contribution in [0.1, 0.15) is 33.3 Å². The molecule has 0 N–H and O–H groups in total. The first kappa shape index (κ1) is 21.1. The molecule has 1 spiro atoms. The lowest BCUT2D eigenvalue weighted by Gasteiger charge is -2.46. The normalized spacial score (nSPS) is 17.5. The molecule has 154 valence electrons. The fourth-order valence-electron chi connectivity index (χ4n) is 3.78. The number of halogens is 1. The molecule has 0 saturated carbocycles. The third kappa shape index (κ3) is 3.77. The summed E-state index contributed by atoms with van der Waals surface area (Å²) < 4.78 is 17.5. The molecule has 1 aromatic carbocycles. The summed E-state index contributed by atoms with van der Waals surface area (Å²) in [5.41, 5.74) is 1.03. The Hall–Kier alpha value is -1.64. The molecular formula is C20H27BrN2O5. The minimum absolute atomic E-state index is 0.0291. The lowest BCUT2D eigenvalue weighted by atomic mass is 9.75. The number of carbonyl (C=O) groups excluding carboxylic acids is 2. The Bertz CT molecular complexity index is 742. The maximum Gasteiger partial charge on any atom is 0.410 e. The molecule has 2 heterocycles. The van der Waals surface area contributed by atoms with E-state index in [0.717, 1.165) is 15.7 Å². The van der Waals surface area contributed by atoms with Crippen LogP contribution >= 0.6 is 15.9 Å². The Morgan fingerprint density at radius 1 is 1.21 bits per heavy atom. The highest BCUT2D eigenvalue weighted by Crippen LogP contribution is 2.48. The first-order chi connectivity index (χ1) is 13.3. The van der Waals surface area contributed by atoms with Crippen molar-refractivity contribution >= 4 is 33.6 Å². The van der Waals surface area contributed by atoms with E-state index in [1.54, 1.807) is 9.80 Å². The zero-order valence-corrected chi connectivity index (χ0v) is 18.3. The van der Waals surface area contributed by atoms with Crippen molar-refractivity contribution in [3.8, 4) is 0 Å². The van der Waals surface area contributed by atoms with E-state index in [1.807, 2.05) is 45.9 Å². The highest BCUT2D eigenvalue weighted by molar-refractivity contribution is 9.10. The molecule has 8 heteroatoms. The number of likely N-dealkylation sites (tertiary alicyclic amines) is 1. The van der Waals surface area contributed by atoms with E-state index in [-0.39, 0.29) is 18.1 Å². The molecule has 0 aromatic heterocycles. The first-order valence-electron chi connectivity index (χ1n) is 9.63. The summed E-state index contributed by atoms with van der Waals surface area (Å²) in [5, 5.41) is 0. The van der Waals surface area contributed by atoms with Gasteiger partial charge in [-0.15, -0.1) is 0 Å². The van der Waals surface area contributed by atoms with E-state index in [4.69, 9.17) is 14.2 Å². The number of ether oxygens (including phenoxy) is 3. The smallest absolute Gasteiger partial charge is 0.410 e. The Morgan fingerprint density at radius 2 is 1.86 bits per heavy atom. The maximum atomic E-state index is 13.4. The van der Waals surface area contributed by atoms with Gasteiger partial charge in [0.25, 0.3) is 0 Å². The van der Waals surface area contributed by atoms with Gasteiger partial charge in [0, 0.05) is 36.5 Å². The second kappa shape index (κ2) is 8.39. The van der Waals surface area contributed by atoms with Crippen LogP contribution in [0.25, 0.3) is 0 Å². The Labute approximate surface area is 174 Å². The average Bonchev–Trinajstić information content (AvgIpc) is 2.81. The van der Waals surface area contributed by atoms with Crippen molar-refractivity contribution in [1.82, 2.24) is 4.90 Å². The minimum Gasteiger partial charge on any atom is -0.447 e. The number of hydrogen-bond acceptors (Lipinski definition) is 5. The van der Waals surface area contributed by atoms with Crippen molar-refractivity contribution < 1.29 is 23.8 Å². The number of nitrogens with zero attached hydrogens (tertiary/aromatic N) is 2. The Balaban J connectivity index is 1.85. The lowest BCUT2D eigenvalue weighted by Crippen LogP contribution is -2.65. The predicted octanol–water partition coefficient (Wildman–Crippen LogP) is 3.29. The predicted molar refractivity (Wildman–Crippen MR) is 108 cm³/mol. The van der Waals surface area contributed by atoms with Gasteiger partial charge in [-0.25, -0.2) is 4.79 Å². The molecule has 0 atom stereocenters. The van der Waals surface area contributed by atoms with Crippen molar-refractivity contribution in [3.63, 3.8) is 0 Å². The molecule has 0 radical (unpaired) electrons.